The van der Waals surface area contributed by atoms with Gasteiger partial charge in [0.15, 0.2) is 0 Å². The van der Waals surface area contributed by atoms with Gasteiger partial charge in [0.25, 0.3) is 5.91 Å². The molecule has 5 nitrogen and oxygen atoms in total. The van der Waals surface area contributed by atoms with Gasteiger partial charge in [-0.25, -0.2) is 0 Å². The van der Waals surface area contributed by atoms with Gasteiger partial charge in [0.05, 0.1) is 25.5 Å². The molecule has 156 valence electrons. The third-order valence-electron chi connectivity index (χ3n) is 5.75. The summed E-state index contributed by atoms with van der Waals surface area (Å²) in [5.74, 6) is 1.57. The van der Waals surface area contributed by atoms with Crippen molar-refractivity contribution in [2.45, 2.75) is 32.4 Å². The zero-order chi connectivity index (χ0) is 20.9. The van der Waals surface area contributed by atoms with Crippen LogP contribution in [0.4, 0.5) is 5.69 Å². The maximum absolute atomic E-state index is 13.7. The summed E-state index contributed by atoms with van der Waals surface area (Å²) in [5, 5.41) is 0. The second-order valence-corrected chi connectivity index (χ2v) is 7.80. The quantitative estimate of drug-likeness (QED) is 0.586. The monoisotopic (exact) mass is 404 g/mol. The number of likely N-dealkylation sites (tertiary alicyclic amines) is 1. The second-order valence-electron chi connectivity index (χ2n) is 7.80. The fourth-order valence-electron chi connectivity index (χ4n) is 4.11. The largest absolute Gasteiger partial charge is 0.496 e. The predicted octanol–water partition coefficient (Wildman–Crippen LogP) is 4.91. The Morgan fingerprint density at radius 2 is 1.80 bits per heavy atom. The van der Waals surface area contributed by atoms with Crippen LogP contribution in [0.15, 0.2) is 71.3 Å². The third-order valence-corrected chi connectivity index (χ3v) is 5.75. The van der Waals surface area contributed by atoms with Gasteiger partial charge in [-0.2, -0.15) is 0 Å². The number of amides is 1. The molecule has 5 heteroatoms. The third kappa shape index (κ3) is 4.41. The van der Waals surface area contributed by atoms with Gasteiger partial charge in [-0.05, 0) is 56.2 Å². The van der Waals surface area contributed by atoms with Gasteiger partial charge in [-0.1, -0.05) is 29.8 Å². The van der Waals surface area contributed by atoms with E-state index in [2.05, 4.69) is 24.0 Å². The zero-order valence-electron chi connectivity index (χ0n) is 17.6. The lowest BCUT2D eigenvalue weighted by Gasteiger charge is -2.38. The van der Waals surface area contributed by atoms with Crippen molar-refractivity contribution in [1.82, 2.24) is 4.90 Å². The molecule has 30 heavy (non-hydrogen) atoms. The number of ether oxygens (including phenoxy) is 1. The lowest BCUT2D eigenvalue weighted by Crippen LogP contribution is -2.47. The lowest BCUT2D eigenvalue weighted by atomic mass is 10.00. The summed E-state index contributed by atoms with van der Waals surface area (Å²) in [6, 6.07) is 19.7. The molecule has 0 aliphatic carbocycles. The number of methoxy groups -OCH3 is 1. The van der Waals surface area contributed by atoms with Gasteiger partial charge in [-0.15, -0.1) is 0 Å². The molecule has 0 atom stereocenters. The van der Waals surface area contributed by atoms with Crippen LogP contribution in [0.3, 0.4) is 0 Å². The van der Waals surface area contributed by atoms with E-state index in [0.717, 1.165) is 43.9 Å². The van der Waals surface area contributed by atoms with Crippen molar-refractivity contribution in [2.24, 2.45) is 0 Å². The van der Waals surface area contributed by atoms with Crippen LogP contribution in [0.2, 0.25) is 0 Å². The molecule has 2 aromatic carbocycles. The number of hydrogen-bond donors (Lipinski definition) is 0. The Labute approximate surface area is 177 Å². The van der Waals surface area contributed by atoms with E-state index >= 15 is 0 Å². The standard InChI is InChI=1S/C25H28N2O3/c1-19-9-11-20(12-10-19)27(25(28)23-7-3-4-8-24(23)29-2)21-13-15-26(16-14-21)18-22-6-5-17-30-22/h3-12,17,21H,13-16,18H2,1-2H3. The summed E-state index contributed by atoms with van der Waals surface area (Å²) in [5.41, 5.74) is 2.70. The summed E-state index contributed by atoms with van der Waals surface area (Å²) in [6.07, 6.45) is 3.54. The van der Waals surface area contributed by atoms with Crippen molar-refractivity contribution < 1.29 is 13.9 Å². The van der Waals surface area contributed by atoms with Crippen LogP contribution in [0.25, 0.3) is 0 Å². The van der Waals surface area contributed by atoms with E-state index in [-0.39, 0.29) is 11.9 Å². The SMILES string of the molecule is COc1ccccc1C(=O)N(c1ccc(C)cc1)C1CCN(Cc2ccco2)CC1. The maximum Gasteiger partial charge on any atom is 0.262 e. The molecule has 1 aliphatic heterocycles. The molecule has 1 saturated heterocycles. The van der Waals surface area contributed by atoms with Gasteiger partial charge in [0.1, 0.15) is 11.5 Å². The van der Waals surface area contributed by atoms with E-state index in [1.807, 2.05) is 53.4 Å². The Bertz CT molecular complexity index is 958. The van der Waals surface area contributed by atoms with E-state index in [9.17, 15) is 4.79 Å². The van der Waals surface area contributed by atoms with Gasteiger partial charge in [0, 0.05) is 24.8 Å². The molecule has 0 bridgehead atoms. The Morgan fingerprint density at radius 1 is 1.07 bits per heavy atom. The summed E-state index contributed by atoms with van der Waals surface area (Å²) in [4.78, 5) is 18.0. The number of rotatable bonds is 6. The minimum atomic E-state index is -0.0132. The highest BCUT2D eigenvalue weighted by Gasteiger charge is 2.31. The smallest absolute Gasteiger partial charge is 0.262 e. The Kier molecular flexibility index (Phi) is 6.19. The minimum absolute atomic E-state index is 0.0132. The Morgan fingerprint density at radius 3 is 2.47 bits per heavy atom. The number of benzene rings is 2. The van der Waals surface area contributed by atoms with Crippen LogP contribution in [0.5, 0.6) is 5.75 Å². The highest BCUT2D eigenvalue weighted by atomic mass is 16.5. The molecular formula is C25H28N2O3. The minimum Gasteiger partial charge on any atom is -0.496 e. The number of hydrogen-bond acceptors (Lipinski definition) is 4. The molecule has 0 N–H and O–H groups in total. The van der Waals surface area contributed by atoms with Crippen LogP contribution >= 0.6 is 0 Å². The molecule has 1 aromatic heterocycles. The normalized spacial score (nSPS) is 15.1. The molecule has 3 aromatic rings. The fraction of sp³-hybridized carbons (Fsp3) is 0.320. The number of aryl methyl sites for hydroxylation is 1. The first-order valence-electron chi connectivity index (χ1n) is 10.4. The first kappa shape index (κ1) is 20.2. The molecular weight excluding hydrogens is 376 g/mol. The van der Waals surface area contributed by atoms with Crippen molar-refractivity contribution in [1.29, 1.82) is 0 Å². The van der Waals surface area contributed by atoms with Crippen LogP contribution in [0.1, 0.15) is 34.5 Å². The van der Waals surface area contributed by atoms with Gasteiger partial charge >= 0.3 is 0 Å². The van der Waals surface area contributed by atoms with Crippen molar-refractivity contribution in [3.63, 3.8) is 0 Å². The first-order valence-corrected chi connectivity index (χ1v) is 10.4. The molecule has 0 radical (unpaired) electrons. The van der Waals surface area contributed by atoms with Crippen LogP contribution in [-0.4, -0.2) is 37.0 Å². The Balaban J connectivity index is 1.57. The molecule has 4 rings (SSSR count). The van der Waals surface area contributed by atoms with Crippen molar-refractivity contribution in [3.05, 3.63) is 83.8 Å². The molecule has 0 unspecified atom stereocenters. The highest BCUT2D eigenvalue weighted by Crippen LogP contribution is 2.29. The van der Waals surface area contributed by atoms with Crippen molar-refractivity contribution >= 4 is 11.6 Å². The number of furan rings is 1. The number of para-hydroxylation sites is 1. The van der Waals surface area contributed by atoms with Crippen molar-refractivity contribution in [3.8, 4) is 5.75 Å². The molecule has 0 saturated carbocycles. The van der Waals surface area contributed by atoms with E-state index in [1.165, 1.54) is 5.56 Å². The molecule has 1 aliphatic rings. The molecule has 1 amide bonds. The number of piperidine rings is 1. The van der Waals surface area contributed by atoms with Gasteiger partial charge in [0.2, 0.25) is 0 Å². The highest BCUT2D eigenvalue weighted by molar-refractivity contribution is 6.08. The zero-order valence-corrected chi connectivity index (χ0v) is 17.6. The van der Waals surface area contributed by atoms with E-state index in [4.69, 9.17) is 9.15 Å². The van der Waals surface area contributed by atoms with Crippen LogP contribution < -0.4 is 9.64 Å². The number of carbonyl (C=O) groups excluding carboxylic acids is 1. The summed E-state index contributed by atoms with van der Waals surface area (Å²) in [7, 11) is 1.61. The summed E-state index contributed by atoms with van der Waals surface area (Å²) >= 11 is 0. The first-order chi connectivity index (χ1) is 14.7. The van der Waals surface area contributed by atoms with Crippen LogP contribution in [-0.2, 0) is 6.54 Å². The van der Waals surface area contributed by atoms with Crippen LogP contribution in [0, 0.1) is 6.92 Å². The summed E-state index contributed by atoms with van der Waals surface area (Å²) < 4.78 is 11.0. The maximum atomic E-state index is 13.7. The topological polar surface area (TPSA) is 45.9 Å². The molecule has 1 fully saturated rings. The molecule has 0 spiro atoms. The van der Waals surface area contributed by atoms with E-state index in [0.29, 0.717) is 11.3 Å². The fourth-order valence-corrected chi connectivity index (χ4v) is 4.11. The van der Waals surface area contributed by atoms with E-state index < -0.39 is 0 Å². The number of carbonyl (C=O) groups is 1. The number of anilines is 1. The van der Waals surface area contributed by atoms with Gasteiger partial charge in [-0.3, -0.25) is 9.69 Å². The molecule has 2 heterocycles. The van der Waals surface area contributed by atoms with Crippen molar-refractivity contribution in [2.75, 3.05) is 25.1 Å². The van der Waals surface area contributed by atoms with Gasteiger partial charge < -0.3 is 14.1 Å². The Hall–Kier alpha value is -3.05. The summed E-state index contributed by atoms with van der Waals surface area (Å²) in [6.45, 7) is 4.72. The van der Waals surface area contributed by atoms with E-state index in [1.54, 1.807) is 13.4 Å². The number of nitrogens with zero attached hydrogens (tertiary/aromatic N) is 2. The predicted molar refractivity (Wildman–Crippen MR) is 118 cm³/mol. The average Bonchev–Trinajstić information content (AvgIpc) is 3.29. The lowest BCUT2D eigenvalue weighted by molar-refractivity contribution is 0.0954. The average molecular weight is 405 g/mol. The second kappa shape index (κ2) is 9.18.